The van der Waals surface area contributed by atoms with Crippen molar-refractivity contribution >= 4 is 5.69 Å². The normalized spacial score (nSPS) is 16.2. The minimum Gasteiger partial charge on any atom is -0.288 e. The summed E-state index contributed by atoms with van der Waals surface area (Å²) in [6, 6.07) is 9.79. The van der Waals surface area contributed by atoms with E-state index in [9.17, 15) is 5.21 Å². The van der Waals surface area contributed by atoms with Crippen LogP contribution in [0, 0.1) is 0 Å². The molecule has 1 heterocycles. The number of aromatic nitrogens is 4. The zero-order valence-electron chi connectivity index (χ0n) is 11.4. The Balaban J connectivity index is 1.73. The fourth-order valence-corrected chi connectivity index (χ4v) is 2.75. The summed E-state index contributed by atoms with van der Waals surface area (Å²) in [4.78, 5) is 0. The first-order chi connectivity index (χ1) is 9.84. The van der Waals surface area contributed by atoms with E-state index in [-0.39, 0.29) is 0 Å². The molecule has 106 valence electrons. The molecule has 1 N–H and O–H groups in total. The first kappa shape index (κ1) is 13.1. The van der Waals surface area contributed by atoms with Crippen molar-refractivity contribution in [2.24, 2.45) is 0 Å². The number of hydrogen-bond donors (Lipinski definition) is 1. The number of para-hydroxylation sites is 1. The lowest BCUT2D eigenvalue weighted by Gasteiger charge is -2.23. The standard InChI is InChI=1S/C14H19N5O/c20-18(12-7-3-1-4-8-12)11-14-15-16-17-19(14)13-9-5-2-6-10-13/h1,3-4,7-8,13,20H,2,5-6,9-11H2. The van der Waals surface area contributed by atoms with E-state index in [2.05, 4.69) is 15.5 Å². The number of tetrazole rings is 1. The van der Waals surface area contributed by atoms with E-state index in [0.717, 1.165) is 18.5 Å². The molecule has 1 aliphatic rings. The van der Waals surface area contributed by atoms with Crippen molar-refractivity contribution in [1.82, 2.24) is 20.2 Å². The summed E-state index contributed by atoms with van der Waals surface area (Å²) in [6.07, 6.45) is 5.99. The smallest absolute Gasteiger partial charge is 0.173 e. The van der Waals surface area contributed by atoms with Gasteiger partial charge in [-0.2, -0.15) is 0 Å². The molecule has 0 radical (unpaired) electrons. The van der Waals surface area contributed by atoms with Gasteiger partial charge in [0.15, 0.2) is 5.82 Å². The lowest BCUT2D eigenvalue weighted by Crippen LogP contribution is -2.23. The van der Waals surface area contributed by atoms with Crippen LogP contribution in [0.4, 0.5) is 5.69 Å². The zero-order chi connectivity index (χ0) is 13.8. The van der Waals surface area contributed by atoms with Gasteiger partial charge in [-0.25, -0.2) is 9.75 Å². The Hall–Kier alpha value is -1.95. The molecular weight excluding hydrogens is 254 g/mol. The molecule has 0 aliphatic heterocycles. The van der Waals surface area contributed by atoms with Gasteiger partial charge in [0.25, 0.3) is 0 Å². The molecule has 6 nitrogen and oxygen atoms in total. The maximum atomic E-state index is 10.1. The van der Waals surface area contributed by atoms with Crippen molar-refractivity contribution in [1.29, 1.82) is 0 Å². The second kappa shape index (κ2) is 6.00. The molecule has 1 saturated carbocycles. The maximum absolute atomic E-state index is 10.1. The summed E-state index contributed by atoms with van der Waals surface area (Å²) in [5, 5.41) is 23.3. The largest absolute Gasteiger partial charge is 0.288 e. The Morgan fingerprint density at radius 3 is 2.65 bits per heavy atom. The van der Waals surface area contributed by atoms with Gasteiger partial charge in [-0.15, -0.1) is 5.10 Å². The number of hydrogen-bond acceptors (Lipinski definition) is 5. The van der Waals surface area contributed by atoms with Crippen molar-refractivity contribution in [3.8, 4) is 0 Å². The third kappa shape index (κ3) is 2.80. The van der Waals surface area contributed by atoms with E-state index < -0.39 is 0 Å². The predicted molar refractivity (Wildman–Crippen MR) is 74.4 cm³/mol. The molecule has 0 spiro atoms. The van der Waals surface area contributed by atoms with E-state index in [1.54, 1.807) is 0 Å². The molecule has 0 saturated heterocycles. The molecule has 0 amide bonds. The van der Waals surface area contributed by atoms with Crippen molar-refractivity contribution in [2.45, 2.75) is 44.7 Å². The van der Waals surface area contributed by atoms with Gasteiger partial charge >= 0.3 is 0 Å². The summed E-state index contributed by atoms with van der Waals surface area (Å²) >= 11 is 0. The number of benzene rings is 1. The van der Waals surface area contributed by atoms with Gasteiger partial charge in [-0.1, -0.05) is 37.5 Å². The fraction of sp³-hybridized carbons (Fsp3) is 0.500. The summed E-state index contributed by atoms with van der Waals surface area (Å²) in [7, 11) is 0. The second-order valence-corrected chi connectivity index (χ2v) is 5.22. The monoisotopic (exact) mass is 273 g/mol. The van der Waals surface area contributed by atoms with Crippen molar-refractivity contribution < 1.29 is 5.21 Å². The molecule has 6 heteroatoms. The highest BCUT2D eigenvalue weighted by molar-refractivity contribution is 5.42. The summed E-state index contributed by atoms with van der Waals surface area (Å²) < 4.78 is 1.88. The average molecular weight is 273 g/mol. The SMILES string of the molecule is ON(Cc1nnnn1C1CCCCC1)c1ccccc1. The van der Waals surface area contributed by atoms with E-state index >= 15 is 0 Å². The molecule has 0 unspecified atom stereocenters. The van der Waals surface area contributed by atoms with Gasteiger partial charge in [0.05, 0.1) is 11.7 Å². The molecule has 2 aromatic rings. The van der Waals surface area contributed by atoms with E-state index in [4.69, 9.17) is 0 Å². The zero-order valence-corrected chi connectivity index (χ0v) is 11.4. The first-order valence-corrected chi connectivity index (χ1v) is 7.13. The number of hydroxylamine groups is 1. The molecule has 20 heavy (non-hydrogen) atoms. The van der Waals surface area contributed by atoms with Gasteiger partial charge in [0, 0.05) is 0 Å². The third-order valence-electron chi connectivity index (χ3n) is 3.83. The lowest BCUT2D eigenvalue weighted by molar-refractivity contribution is 0.239. The van der Waals surface area contributed by atoms with Gasteiger partial charge in [0.2, 0.25) is 0 Å². The molecule has 0 atom stereocenters. The van der Waals surface area contributed by atoms with Gasteiger partial charge < -0.3 is 0 Å². The topological polar surface area (TPSA) is 67.1 Å². The Labute approximate surface area is 118 Å². The Morgan fingerprint density at radius 1 is 1.15 bits per heavy atom. The van der Waals surface area contributed by atoms with Gasteiger partial charge in [-0.3, -0.25) is 5.21 Å². The Morgan fingerprint density at radius 2 is 1.90 bits per heavy atom. The lowest BCUT2D eigenvalue weighted by atomic mass is 9.95. The van der Waals surface area contributed by atoms with Crippen LogP contribution >= 0.6 is 0 Å². The molecule has 3 rings (SSSR count). The van der Waals surface area contributed by atoms with Crippen LogP contribution in [0.1, 0.15) is 44.0 Å². The fourth-order valence-electron chi connectivity index (χ4n) is 2.75. The number of rotatable bonds is 4. The summed E-state index contributed by atoms with van der Waals surface area (Å²) in [5.41, 5.74) is 0.741. The predicted octanol–water partition coefficient (Wildman–Crippen LogP) is 2.57. The quantitative estimate of drug-likeness (QED) is 0.867. The third-order valence-corrected chi connectivity index (χ3v) is 3.83. The van der Waals surface area contributed by atoms with Gasteiger partial charge in [-0.05, 0) is 35.4 Å². The highest BCUT2D eigenvalue weighted by Gasteiger charge is 2.21. The van der Waals surface area contributed by atoms with E-state index in [1.807, 2.05) is 35.0 Å². The van der Waals surface area contributed by atoms with E-state index in [0.29, 0.717) is 18.4 Å². The Bertz CT molecular complexity index is 536. The van der Waals surface area contributed by atoms with Crippen LogP contribution in [0.3, 0.4) is 0 Å². The van der Waals surface area contributed by atoms with Gasteiger partial charge in [0.1, 0.15) is 6.54 Å². The van der Waals surface area contributed by atoms with Crippen LogP contribution < -0.4 is 5.06 Å². The number of anilines is 1. The van der Waals surface area contributed by atoms with Crippen molar-refractivity contribution in [2.75, 3.05) is 5.06 Å². The highest BCUT2D eigenvalue weighted by atomic mass is 16.5. The van der Waals surface area contributed by atoms with Crippen molar-refractivity contribution in [3.05, 3.63) is 36.2 Å². The summed E-state index contributed by atoms with van der Waals surface area (Å²) in [5.74, 6) is 0.711. The summed E-state index contributed by atoms with van der Waals surface area (Å²) in [6.45, 7) is 0.299. The molecule has 1 fully saturated rings. The first-order valence-electron chi connectivity index (χ1n) is 7.13. The van der Waals surface area contributed by atoms with Crippen LogP contribution in [0.25, 0.3) is 0 Å². The average Bonchev–Trinajstić information content (AvgIpc) is 2.97. The number of nitrogens with zero attached hydrogens (tertiary/aromatic N) is 5. The molecule has 1 aromatic carbocycles. The molecule has 1 aliphatic carbocycles. The highest BCUT2D eigenvalue weighted by Crippen LogP contribution is 2.28. The van der Waals surface area contributed by atoms with Crippen LogP contribution in [0.2, 0.25) is 0 Å². The molecule has 0 bridgehead atoms. The van der Waals surface area contributed by atoms with Crippen molar-refractivity contribution in [3.63, 3.8) is 0 Å². The van der Waals surface area contributed by atoms with E-state index in [1.165, 1.54) is 24.3 Å². The molecule has 1 aromatic heterocycles. The maximum Gasteiger partial charge on any atom is 0.173 e. The minimum absolute atomic E-state index is 0.299. The second-order valence-electron chi connectivity index (χ2n) is 5.22. The van der Waals surface area contributed by atoms with Crippen LogP contribution in [0.15, 0.2) is 30.3 Å². The van der Waals surface area contributed by atoms with Crippen LogP contribution in [-0.4, -0.2) is 25.4 Å². The van der Waals surface area contributed by atoms with Crippen LogP contribution in [0.5, 0.6) is 0 Å². The van der Waals surface area contributed by atoms with Crippen LogP contribution in [-0.2, 0) is 6.54 Å². The minimum atomic E-state index is 0.299. The Kier molecular flexibility index (Phi) is 3.92. The molecular formula is C14H19N5O.